The number of anilines is 1. The minimum Gasteiger partial charge on any atom is -0.477 e. The highest BCUT2D eigenvalue weighted by molar-refractivity contribution is 6.31. The first-order chi connectivity index (χ1) is 9.47. The van der Waals surface area contributed by atoms with Gasteiger partial charge in [0, 0.05) is 5.02 Å². The summed E-state index contributed by atoms with van der Waals surface area (Å²) < 4.78 is 13.5. The minimum absolute atomic E-state index is 0.106. The molecule has 0 unspecified atom stereocenters. The van der Waals surface area contributed by atoms with Crippen LogP contribution >= 0.6 is 11.6 Å². The van der Waals surface area contributed by atoms with E-state index in [-0.39, 0.29) is 22.1 Å². The van der Waals surface area contributed by atoms with Gasteiger partial charge in [-0.05, 0) is 30.3 Å². The first kappa shape index (κ1) is 14.0. The third-order valence-electron chi connectivity index (χ3n) is 2.38. The van der Waals surface area contributed by atoms with Crippen molar-refractivity contribution in [3.63, 3.8) is 0 Å². The average molecular weight is 295 g/mol. The fourth-order valence-corrected chi connectivity index (χ4v) is 1.63. The van der Waals surface area contributed by atoms with Crippen molar-refractivity contribution >= 4 is 29.2 Å². The molecule has 0 bridgehead atoms. The minimum atomic E-state index is -1.26. The molecule has 1 heterocycles. The van der Waals surface area contributed by atoms with E-state index in [9.17, 15) is 14.0 Å². The van der Waals surface area contributed by atoms with Gasteiger partial charge in [0.25, 0.3) is 5.91 Å². The van der Waals surface area contributed by atoms with Gasteiger partial charge in [0.2, 0.25) is 0 Å². The number of benzene rings is 1. The van der Waals surface area contributed by atoms with E-state index in [2.05, 4.69) is 10.3 Å². The quantitative estimate of drug-likeness (QED) is 0.912. The van der Waals surface area contributed by atoms with Crippen molar-refractivity contribution in [3.05, 3.63) is 58.6 Å². The first-order valence-corrected chi connectivity index (χ1v) is 5.82. The molecule has 0 saturated heterocycles. The molecule has 20 heavy (non-hydrogen) atoms. The molecule has 1 aromatic heterocycles. The van der Waals surface area contributed by atoms with Gasteiger partial charge in [-0.25, -0.2) is 14.2 Å². The molecular weight excluding hydrogens is 287 g/mol. The van der Waals surface area contributed by atoms with Gasteiger partial charge in [0.1, 0.15) is 17.2 Å². The highest BCUT2D eigenvalue weighted by atomic mass is 35.5. The number of carbonyl (C=O) groups excluding carboxylic acids is 1. The molecule has 2 N–H and O–H groups in total. The molecule has 0 aliphatic rings. The van der Waals surface area contributed by atoms with Crippen LogP contribution < -0.4 is 5.32 Å². The number of amides is 1. The van der Waals surface area contributed by atoms with Gasteiger partial charge in [-0.15, -0.1) is 0 Å². The molecule has 0 atom stereocenters. The lowest BCUT2D eigenvalue weighted by Crippen LogP contribution is -2.16. The van der Waals surface area contributed by atoms with Crippen LogP contribution in [0.2, 0.25) is 5.02 Å². The van der Waals surface area contributed by atoms with Crippen LogP contribution in [-0.2, 0) is 0 Å². The molecule has 0 radical (unpaired) electrons. The van der Waals surface area contributed by atoms with Gasteiger partial charge in [-0.3, -0.25) is 4.79 Å². The monoisotopic (exact) mass is 294 g/mol. The maximum absolute atomic E-state index is 13.5. The lowest BCUT2D eigenvalue weighted by atomic mass is 10.2. The van der Waals surface area contributed by atoms with E-state index < -0.39 is 17.7 Å². The van der Waals surface area contributed by atoms with E-state index in [0.29, 0.717) is 0 Å². The molecular formula is C13H8ClFN2O3. The lowest BCUT2D eigenvalue weighted by Gasteiger charge is -2.06. The van der Waals surface area contributed by atoms with Crippen molar-refractivity contribution in [2.24, 2.45) is 0 Å². The molecule has 2 rings (SSSR count). The number of carbonyl (C=O) groups is 2. The van der Waals surface area contributed by atoms with Crippen LogP contribution in [-0.4, -0.2) is 22.0 Å². The Labute approximate surface area is 118 Å². The van der Waals surface area contributed by atoms with Gasteiger partial charge in [-0.2, -0.15) is 0 Å². The van der Waals surface area contributed by atoms with Gasteiger partial charge in [0.15, 0.2) is 0 Å². The third-order valence-corrected chi connectivity index (χ3v) is 2.61. The van der Waals surface area contributed by atoms with E-state index >= 15 is 0 Å². The number of nitrogens with zero attached hydrogens (tertiary/aromatic N) is 1. The highest BCUT2D eigenvalue weighted by Gasteiger charge is 2.13. The van der Waals surface area contributed by atoms with Crippen LogP contribution in [0, 0.1) is 5.82 Å². The summed E-state index contributed by atoms with van der Waals surface area (Å²) in [5, 5.41) is 11.3. The van der Waals surface area contributed by atoms with E-state index in [1.54, 1.807) is 0 Å². The van der Waals surface area contributed by atoms with Crippen molar-refractivity contribution in [1.29, 1.82) is 0 Å². The lowest BCUT2D eigenvalue weighted by molar-refractivity contribution is 0.0690. The summed E-state index contributed by atoms with van der Waals surface area (Å²) in [6.07, 6.45) is 0. The van der Waals surface area contributed by atoms with Crippen LogP contribution in [0.15, 0.2) is 36.4 Å². The molecule has 5 nitrogen and oxygen atoms in total. The predicted molar refractivity (Wildman–Crippen MR) is 70.6 cm³/mol. The number of pyridine rings is 1. The Morgan fingerprint density at radius 3 is 2.60 bits per heavy atom. The Morgan fingerprint density at radius 2 is 1.90 bits per heavy atom. The molecule has 0 saturated carbocycles. The number of aromatic carboxylic acids is 1. The number of hydrogen-bond acceptors (Lipinski definition) is 3. The molecule has 0 aliphatic carbocycles. The zero-order chi connectivity index (χ0) is 14.7. The molecule has 2 aromatic rings. The first-order valence-electron chi connectivity index (χ1n) is 5.44. The van der Waals surface area contributed by atoms with Crippen LogP contribution in [0.5, 0.6) is 0 Å². The summed E-state index contributed by atoms with van der Waals surface area (Å²) in [5.74, 6) is -2.64. The van der Waals surface area contributed by atoms with Gasteiger partial charge >= 0.3 is 5.97 Å². The number of hydrogen-bond donors (Lipinski definition) is 2. The second kappa shape index (κ2) is 5.66. The average Bonchev–Trinajstić information content (AvgIpc) is 2.43. The van der Waals surface area contributed by atoms with Gasteiger partial charge in [0.05, 0.1) is 5.69 Å². The van der Waals surface area contributed by atoms with Crippen molar-refractivity contribution < 1.29 is 19.1 Å². The summed E-state index contributed by atoms with van der Waals surface area (Å²) in [7, 11) is 0. The Kier molecular flexibility index (Phi) is 3.95. The van der Waals surface area contributed by atoms with E-state index in [1.807, 2.05) is 0 Å². The predicted octanol–water partition coefficient (Wildman–Crippen LogP) is 2.82. The number of rotatable bonds is 3. The van der Waals surface area contributed by atoms with Gasteiger partial charge < -0.3 is 10.4 Å². The second-order valence-corrected chi connectivity index (χ2v) is 4.23. The molecule has 0 spiro atoms. The largest absolute Gasteiger partial charge is 0.477 e. The molecule has 1 aromatic carbocycles. The van der Waals surface area contributed by atoms with E-state index in [1.165, 1.54) is 30.3 Å². The van der Waals surface area contributed by atoms with E-state index in [4.69, 9.17) is 16.7 Å². The third kappa shape index (κ3) is 3.10. The van der Waals surface area contributed by atoms with Crippen molar-refractivity contribution in [2.75, 3.05) is 5.32 Å². The van der Waals surface area contributed by atoms with Crippen LogP contribution in [0.4, 0.5) is 10.1 Å². The summed E-state index contributed by atoms with van der Waals surface area (Å²) in [6.45, 7) is 0. The number of carboxylic acids is 1. The topological polar surface area (TPSA) is 79.3 Å². The summed E-state index contributed by atoms with van der Waals surface area (Å²) >= 11 is 5.70. The maximum Gasteiger partial charge on any atom is 0.354 e. The standard InChI is InChI=1S/C13H8ClFN2O3/c14-7-4-5-8(15)11(6-7)17-12(18)9-2-1-3-10(16-9)13(19)20/h1-6H,(H,17,18)(H,19,20). The molecule has 7 heteroatoms. The van der Waals surface area contributed by atoms with Gasteiger partial charge in [-0.1, -0.05) is 17.7 Å². The van der Waals surface area contributed by atoms with Crippen molar-refractivity contribution in [2.45, 2.75) is 0 Å². The normalized spacial score (nSPS) is 10.1. The Morgan fingerprint density at radius 1 is 1.20 bits per heavy atom. The number of aromatic nitrogens is 1. The molecule has 0 aliphatic heterocycles. The fourth-order valence-electron chi connectivity index (χ4n) is 1.46. The zero-order valence-corrected chi connectivity index (χ0v) is 10.7. The summed E-state index contributed by atoms with van der Waals surface area (Å²) in [4.78, 5) is 26.3. The highest BCUT2D eigenvalue weighted by Crippen LogP contribution is 2.20. The van der Waals surface area contributed by atoms with Crippen molar-refractivity contribution in [3.8, 4) is 0 Å². The maximum atomic E-state index is 13.5. The molecule has 1 amide bonds. The Hall–Kier alpha value is -2.47. The smallest absolute Gasteiger partial charge is 0.354 e. The fraction of sp³-hybridized carbons (Fsp3) is 0. The van der Waals surface area contributed by atoms with E-state index in [0.717, 1.165) is 6.07 Å². The summed E-state index contributed by atoms with van der Waals surface area (Å²) in [6, 6.07) is 7.65. The Balaban J connectivity index is 2.26. The second-order valence-electron chi connectivity index (χ2n) is 3.79. The summed E-state index contributed by atoms with van der Waals surface area (Å²) in [5.41, 5.74) is -0.515. The number of carboxylic acid groups (broad SMARTS) is 1. The zero-order valence-electron chi connectivity index (χ0n) is 9.93. The SMILES string of the molecule is O=C(O)c1cccc(C(=O)Nc2cc(Cl)ccc2F)n1. The van der Waals surface area contributed by atoms with Crippen molar-refractivity contribution in [1.82, 2.24) is 4.98 Å². The molecule has 0 fully saturated rings. The Bertz CT molecular complexity index is 691. The molecule has 102 valence electrons. The van der Waals surface area contributed by atoms with Crippen LogP contribution in [0.1, 0.15) is 21.0 Å². The number of nitrogens with one attached hydrogen (secondary N) is 1. The number of halogens is 2. The van der Waals surface area contributed by atoms with Crippen LogP contribution in [0.3, 0.4) is 0 Å². The van der Waals surface area contributed by atoms with Crippen LogP contribution in [0.25, 0.3) is 0 Å².